The molecule has 0 bridgehead atoms. The first-order chi connectivity index (χ1) is 8.71. The van der Waals surface area contributed by atoms with Crippen molar-refractivity contribution < 1.29 is 9.47 Å². The molecule has 4 nitrogen and oxygen atoms in total. The van der Waals surface area contributed by atoms with Gasteiger partial charge in [0.2, 0.25) is 0 Å². The lowest BCUT2D eigenvalue weighted by molar-refractivity contribution is 0.127. The van der Waals surface area contributed by atoms with Crippen LogP contribution in [0.4, 0.5) is 0 Å². The van der Waals surface area contributed by atoms with E-state index in [1.807, 2.05) is 25.1 Å². The van der Waals surface area contributed by atoms with Gasteiger partial charge >= 0.3 is 0 Å². The van der Waals surface area contributed by atoms with Gasteiger partial charge in [-0.1, -0.05) is 6.07 Å². The maximum Gasteiger partial charge on any atom is 0.136 e. The fourth-order valence-corrected chi connectivity index (χ4v) is 1.60. The zero-order chi connectivity index (χ0) is 13.4. The summed E-state index contributed by atoms with van der Waals surface area (Å²) in [5, 5.41) is 12.3. The van der Waals surface area contributed by atoms with Gasteiger partial charge in [-0.2, -0.15) is 5.26 Å². The molecule has 0 aliphatic rings. The first-order valence-electron chi connectivity index (χ1n) is 6.09. The molecule has 0 saturated carbocycles. The lowest BCUT2D eigenvalue weighted by Crippen LogP contribution is -2.30. The van der Waals surface area contributed by atoms with Gasteiger partial charge in [-0.3, -0.25) is 0 Å². The van der Waals surface area contributed by atoms with E-state index in [0.29, 0.717) is 24.5 Å². The summed E-state index contributed by atoms with van der Waals surface area (Å²) in [7, 11) is 1.57. The minimum atomic E-state index is 0.289. The molecule has 0 fully saturated rings. The Morgan fingerprint density at radius 3 is 2.83 bits per heavy atom. The standard InChI is InChI=1S/C14H20N2O2/c1-4-18-10-11(2)16-9-12-5-6-14(17-3)13(7-12)8-15/h5-7,11,16H,4,9-10H2,1-3H3. The number of hydrogen-bond acceptors (Lipinski definition) is 4. The van der Waals surface area contributed by atoms with Gasteiger partial charge in [-0.15, -0.1) is 0 Å². The molecule has 0 heterocycles. The number of rotatable bonds is 7. The van der Waals surface area contributed by atoms with Crippen LogP contribution in [0.5, 0.6) is 5.75 Å². The van der Waals surface area contributed by atoms with Crippen LogP contribution in [0.15, 0.2) is 18.2 Å². The Hall–Kier alpha value is -1.57. The zero-order valence-corrected chi connectivity index (χ0v) is 11.2. The van der Waals surface area contributed by atoms with E-state index in [1.54, 1.807) is 7.11 Å². The molecule has 0 radical (unpaired) electrons. The summed E-state index contributed by atoms with van der Waals surface area (Å²) in [6, 6.07) is 8.05. The Balaban J connectivity index is 2.55. The van der Waals surface area contributed by atoms with Crippen molar-refractivity contribution in [1.29, 1.82) is 5.26 Å². The molecule has 98 valence electrons. The Bertz CT molecular complexity index is 413. The van der Waals surface area contributed by atoms with Gasteiger partial charge in [0.05, 0.1) is 19.3 Å². The molecule has 0 spiro atoms. The predicted molar refractivity (Wildman–Crippen MR) is 70.5 cm³/mol. The van der Waals surface area contributed by atoms with Crippen LogP contribution in [0, 0.1) is 11.3 Å². The Kier molecular flexibility index (Phi) is 6.20. The molecule has 0 saturated heterocycles. The number of nitrogens with one attached hydrogen (secondary N) is 1. The third kappa shape index (κ3) is 4.36. The van der Waals surface area contributed by atoms with Crippen LogP contribution in [0.25, 0.3) is 0 Å². The first kappa shape index (κ1) is 14.5. The van der Waals surface area contributed by atoms with Crippen LogP contribution in [0.3, 0.4) is 0 Å². The fourth-order valence-electron chi connectivity index (χ4n) is 1.60. The van der Waals surface area contributed by atoms with Crippen LogP contribution in [0.2, 0.25) is 0 Å². The molecule has 0 amide bonds. The van der Waals surface area contributed by atoms with Gasteiger partial charge in [-0.05, 0) is 31.5 Å². The average Bonchev–Trinajstić information content (AvgIpc) is 2.42. The van der Waals surface area contributed by atoms with E-state index < -0.39 is 0 Å². The summed E-state index contributed by atoms with van der Waals surface area (Å²) in [6.07, 6.45) is 0. The van der Waals surface area contributed by atoms with Gasteiger partial charge in [0.25, 0.3) is 0 Å². The highest BCUT2D eigenvalue weighted by atomic mass is 16.5. The Morgan fingerprint density at radius 1 is 1.44 bits per heavy atom. The minimum absolute atomic E-state index is 0.289. The van der Waals surface area contributed by atoms with Gasteiger partial charge in [0.1, 0.15) is 11.8 Å². The van der Waals surface area contributed by atoms with Crippen LogP contribution >= 0.6 is 0 Å². The second-order valence-corrected chi connectivity index (χ2v) is 4.09. The molecule has 0 aliphatic carbocycles. The molecule has 1 N–H and O–H groups in total. The highest BCUT2D eigenvalue weighted by Gasteiger charge is 2.05. The van der Waals surface area contributed by atoms with Crippen molar-refractivity contribution in [2.45, 2.75) is 26.4 Å². The molecule has 0 aliphatic heterocycles. The van der Waals surface area contributed by atoms with Gasteiger partial charge < -0.3 is 14.8 Å². The lowest BCUT2D eigenvalue weighted by Gasteiger charge is -2.14. The summed E-state index contributed by atoms with van der Waals surface area (Å²) in [5.74, 6) is 0.614. The van der Waals surface area contributed by atoms with Crippen molar-refractivity contribution in [1.82, 2.24) is 5.32 Å². The molecule has 4 heteroatoms. The predicted octanol–water partition coefficient (Wildman–Crippen LogP) is 2.08. The number of hydrogen-bond donors (Lipinski definition) is 1. The maximum atomic E-state index is 9.00. The van der Waals surface area contributed by atoms with Crippen molar-refractivity contribution in [2.75, 3.05) is 20.3 Å². The second kappa shape index (κ2) is 7.70. The van der Waals surface area contributed by atoms with E-state index >= 15 is 0 Å². The number of methoxy groups -OCH3 is 1. The van der Waals surface area contributed by atoms with Crippen molar-refractivity contribution >= 4 is 0 Å². The second-order valence-electron chi connectivity index (χ2n) is 4.09. The summed E-state index contributed by atoms with van der Waals surface area (Å²) in [4.78, 5) is 0. The maximum absolute atomic E-state index is 9.00. The van der Waals surface area contributed by atoms with E-state index in [-0.39, 0.29) is 6.04 Å². The first-order valence-corrected chi connectivity index (χ1v) is 6.09. The molecule has 0 aromatic heterocycles. The van der Waals surface area contributed by atoms with E-state index in [0.717, 1.165) is 12.2 Å². The Morgan fingerprint density at radius 2 is 2.22 bits per heavy atom. The van der Waals surface area contributed by atoms with Crippen molar-refractivity contribution in [3.8, 4) is 11.8 Å². The van der Waals surface area contributed by atoms with E-state index in [9.17, 15) is 0 Å². The van der Waals surface area contributed by atoms with Gasteiger partial charge in [0, 0.05) is 19.2 Å². The van der Waals surface area contributed by atoms with E-state index in [2.05, 4.69) is 18.3 Å². The van der Waals surface area contributed by atoms with E-state index in [1.165, 1.54) is 0 Å². The SMILES string of the molecule is CCOCC(C)NCc1ccc(OC)c(C#N)c1. The third-order valence-electron chi connectivity index (χ3n) is 2.61. The minimum Gasteiger partial charge on any atom is -0.495 e. The lowest BCUT2D eigenvalue weighted by atomic mass is 10.1. The highest BCUT2D eigenvalue weighted by molar-refractivity contribution is 5.45. The van der Waals surface area contributed by atoms with Crippen molar-refractivity contribution in [3.63, 3.8) is 0 Å². The largest absolute Gasteiger partial charge is 0.495 e. The summed E-state index contributed by atoms with van der Waals surface area (Å²) in [5.41, 5.74) is 1.63. The van der Waals surface area contributed by atoms with Crippen molar-refractivity contribution in [2.24, 2.45) is 0 Å². The molecular weight excluding hydrogens is 228 g/mol. The number of ether oxygens (including phenoxy) is 2. The highest BCUT2D eigenvalue weighted by Crippen LogP contribution is 2.18. The van der Waals surface area contributed by atoms with Crippen LogP contribution in [0.1, 0.15) is 25.0 Å². The quantitative estimate of drug-likeness (QED) is 0.802. The van der Waals surface area contributed by atoms with Crippen LogP contribution in [-0.2, 0) is 11.3 Å². The monoisotopic (exact) mass is 248 g/mol. The molecule has 1 aromatic rings. The molecule has 1 unspecified atom stereocenters. The summed E-state index contributed by atoms with van der Waals surface area (Å²) in [6.45, 7) is 6.19. The smallest absolute Gasteiger partial charge is 0.136 e. The summed E-state index contributed by atoms with van der Waals surface area (Å²) >= 11 is 0. The average molecular weight is 248 g/mol. The molecule has 1 rings (SSSR count). The summed E-state index contributed by atoms with van der Waals surface area (Å²) < 4.78 is 10.4. The number of nitriles is 1. The van der Waals surface area contributed by atoms with Crippen molar-refractivity contribution in [3.05, 3.63) is 29.3 Å². The number of nitrogens with zero attached hydrogens (tertiary/aromatic N) is 1. The van der Waals surface area contributed by atoms with Gasteiger partial charge in [-0.25, -0.2) is 0 Å². The Labute approximate surface area is 109 Å². The van der Waals surface area contributed by atoms with Crippen LogP contribution in [-0.4, -0.2) is 26.4 Å². The molecule has 1 aromatic carbocycles. The molecular formula is C14H20N2O2. The fraction of sp³-hybridized carbons (Fsp3) is 0.500. The van der Waals surface area contributed by atoms with Crippen LogP contribution < -0.4 is 10.1 Å². The number of benzene rings is 1. The molecule has 18 heavy (non-hydrogen) atoms. The zero-order valence-electron chi connectivity index (χ0n) is 11.2. The normalized spacial score (nSPS) is 11.9. The van der Waals surface area contributed by atoms with Gasteiger partial charge in [0.15, 0.2) is 0 Å². The third-order valence-corrected chi connectivity index (χ3v) is 2.61. The van der Waals surface area contributed by atoms with E-state index in [4.69, 9.17) is 14.7 Å². The molecule has 1 atom stereocenters. The topological polar surface area (TPSA) is 54.3 Å².